The molecule has 0 saturated carbocycles. The van der Waals surface area contributed by atoms with Gasteiger partial charge in [0.05, 0.1) is 0 Å². The first-order valence-corrected chi connectivity index (χ1v) is 6.84. The van der Waals surface area contributed by atoms with Gasteiger partial charge in [-0.1, -0.05) is 17.7 Å². The van der Waals surface area contributed by atoms with Crippen molar-refractivity contribution in [1.82, 2.24) is 9.80 Å². The summed E-state index contributed by atoms with van der Waals surface area (Å²) >= 11 is 5.89. The summed E-state index contributed by atoms with van der Waals surface area (Å²) in [6.45, 7) is 3.19. The molecule has 0 N–H and O–H groups in total. The van der Waals surface area contributed by atoms with Crippen molar-refractivity contribution in [3.63, 3.8) is 0 Å². The number of amides is 4. The molecule has 0 aliphatic carbocycles. The van der Waals surface area contributed by atoms with E-state index in [4.69, 9.17) is 11.6 Å². The van der Waals surface area contributed by atoms with Crippen LogP contribution < -0.4 is 0 Å². The molecule has 0 bridgehead atoms. The fourth-order valence-electron chi connectivity index (χ4n) is 2.17. The Balaban J connectivity index is 2.16. The quantitative estimate of drug-likeness (QED) is 0.633. The van der Waals surface area contributed by atoms with Gasteiger partial charge in [-0.25, -0.2) is 9.18 Å². The fourth-order valence-corrected chi connectivity index (χ4v) is 2.43. The van der Waals surface area contributed by atoms with Crippen molar-refractivity contribution in [3.8, 4) is 0 Å². The SMILES string of the molecule is CC(C)N1C(=O)C(=O)N(CCc2c(F)cccc2Cl)C1=O. The van der Waals surface area contributed by atoms with Crippen LogP contribution in [0.2, 0.25) is 5.02 Å². The van der Waals surface area contributed by atoms with Gasteiger partial charge in [-0.3, -0.25) is 19.4 Å². The lowest BCUT2D eigenvalue weighted by molar-refractivity contribution is -0.143. The van der Waals surface area contributed by atoms with E-state index < -0.39 is 29.7 Å². The molecule has 0 atom stereocenters. The lowest BCUT2D eigenvalue weighted by Gasteiger charge is -2.18. The summed E-state index contributed by atoms with van der Waals surface area (Å²) in [4.78, 5) is 37.3. The predicted octanol–water partition coefficient (Wildman–Crippen LogP) is 2.22. The highest BCUT2D eigenvalue weighted by molar-refractivity contribution is 6.44. The number of carbonyl (C=O) groups is 3. The van der Waals surface area contributed by atoms with Gasteiger partial charge >= 0.3 is 17.8 Å². The van der Waals surface area contributed by atoms with E-state index in [0.717, 1.165) is 9.80 Å². The number of nitrogens with zero attached hydrogens (tertiary/aromatic N) is 2. The third-order valence-corrected chi connectivity index (χ3v) is 3.60. The second-order valence-electron chi connectivity index (χ2n) is 4.96. The minimum Gasteiger partial charge on any atom is -0.263 e. The normalized spacial score (nSPS) is 15.6. The van der Waals surface area contributed by atoms with E-state index in [0.29, 0.717) is 0 Å². The Morgan fingerprint density at radius 1 is 1.19 bits per heavy atom. The fraction of sp³-hybridized carbons (Fsp3) is 0.357. The van der Waals surface area contributed by atoms with E-state index in [1.54, 1.807) is 13.8 Å². The van der Waals surface area contributed by atoms with Crippen LogP contribution in [-0.2, 0) is 16.0 Å². The smallest absolute Gasteiger partial charge is 0.263 e. The first-order chi connectivity index (χ1) is 9.84. The number of benzene rings is 1. The molecular formula is C14H14ClFN2O3. The van der Waals surface area contributed by atoms with Crippen molar-refractivity contribution in [2.24, 2.45) is 0 Å². The van der Waals surface area contributed by atoms with Gasteiger partial charge in [0.15, 0.2) is 0 Å². The minimum atomic E-state index is -0.888. The number of carbonyl (C=O) groups excluding carboxylic acids is 3. The van der Waals surface area contributed by atoms with E-state index in [-0.39, 0.29) is 23.6 Å². The van der Waals surface area contributed by atoms with Gasteiger partial charge in [-0.15, -0.1) is 0 Å². The maximum Gasteiger partial charge on any atom is 0.334 e. The third kappa shape index (κ3) is 2.76. The summed E-state index contributed by atoms with van der Waals surface area (Å²) < 4.78 is 13.7. The van der Waals surface area contributed by atoms with Crippen LogP contribution in [0.4, 0.5) is 9.18 Å². The summed E-state index contributed by atoms with van der Waals surface area (Å²) in [5, 5.41) is 0.223. The average molecular weight is 313 g/mol. The van der Waals surface area contributed by atoms with Crippen LogP contribution in [0.15, 0.2) is 18.2 Å². The first-order valence-electron chi connectivity index (χ1n) is 6.46. The highest BCUT2D eigenvalue weighted by Gasteiger charge is 2.45. The Morgan fingerprint density at radius 3 is 2.38 bits per heavy atom. The number of rotatable bonds is 4. The summed E-state index contributed by atoms with van der Waals surface area (Å²) in [7, 11) is 0. The molecule has 1 aliphatic heterocycles. The monoisotopic (exact) mass is 312 g/mol. The highest BCUT2D eigenvalue weighted by atomic mass is 35.5. The van der Waals surface area contributed by atoms with Gasteiger partial charge in [0.1, 0.15) is 5.82 Å². The Hall–Kier alpha value is -1.95. The molecule has 1 heterocycles. The van der Waals surface area contributed by atoms with E-state index >= 15 is 0 Å². The zero-order valence-electron chi connectivity index (χ0n) is 11.6. The molecule has 0 aromatic heterocycles. The first kappa shape index (κ1) is 15.4. The van der Waals surface area contributed by atoms with E-state index in [1.807, 2.05) is 0 Å². The molecule has 0 radical (unpaired) electrons. The van der Waals surface area contributed by atoms with Gasteiger partial charge in [0.25, 0.3) is 0 Å². The number of halogens is 2. The Bertz CT molecular complexity index is 598. The lowest BCUT2D eigenvalue weighted by Crippen LogP contribution is -2.38. The molecule has 112 valence electrons. The van der Waals surface area contributed by atoms with Crippen molar-refractivity contribution in [3.05, 3.63) is 34.6 Å². The Labute approximate surface area is 126 Å². The number of hydrogen-bond acceptors (Lipinski definition) is 3. The largest absolute Gasteiger partial charge is 0.334 e. The number of imide groups is 2. The zero-order valence-corrected chi connectivity index (χ0v) is 12.4. The van der Waals surface area contributed by atoms with Crippen molar-refractivity contribution in [2.75, 3.05) is 6.54 Å². The van der Waals surface area contributed by atoms with E-state index in [1.165, 1.54) is 18.2 Å². The van der Waals surface area contributed by atoms with Gasteiger partial charge in [-0.2, -0.15) is 0 Å². The number of hydrogen-bond donors (Lipinski definition) is 0. The maximum absolute atomic E-state index is 13.7. The number of urea groups is 1. The van der Waals surface area contributed by atoms with E-state index in [2.05, 4.69) is 0 Å². The summed E-state index contributed by atoms with van der Waals surface area (Å²) in [5.41, 5.74) is 0.218. The van der Waals surface area contributed by atoms with Crippen LogP contribution in [0.3, 0.4) is 0 Å². The molecule has 2 rings (SSSR count). The van der Waals surface area contributed by atoms with Crippen molar-refractivity contribution in [2.45, 2.75) is 26.3 Å². The summed E-state index contributed by atoms with van der Waals surface area (Å²) in [6, 6.07) is 3.17. The van der Waals surface area contributed by atoms with Crippen molar-refractivity contribution < 1.29 is 18.8 Å². The van der Waals surface area contributed by atoms with Crippen LogP contribution in [0, 0.1) is 5.82 Å². The lowest BCUT2D eigenvalue weighted by atomic mass is 10.1. The molecule has 5 nitrogen and oxygen atoms in total. The highest BCUT2D eigenvalue weighted by Crippen LogP contribution is 2.21. The average Bonchev–Trinajstić information content (AvgIpc) is 2.61. The van der Waals surface area contributed by atoms with Crippen LogP contribution >= 0.6 is 11.6 Å². The Morgan fingerprint density at radius 2 is 1.86 bits per heavy atom. The van der Waals surface area contributed by atoms with Crippen molar-refractivity contribution in [1.29, 1.82) is 0 Å². The maximum atomic E-state index is 13.7. The molecule has 7 heteroatoms. The zero-order chi connectivity index (χ0) is 15.7. The van der Waals surface area contributed by atoms with Gasteiger partial charge in [-0.05, 0) is 32.4 Å². The molecule has 4 amide bonds. The topological polar surface area (TPSA) is 57.7 Å². The molecular weight excluding hydrogens is 299 g/mol. The minimum absolute atomic E-state index is 0.0577. The summed E-state index contributed by atoms with van der Waals surface area (Å²) in [5.74, 6) is -2.25. The van der Waals surface area contributed by atoms with Crippen LogP contribution in [0.25, 0.3) is 0 Å². The molecule has 1 aromatic rings. The van der Waals surface area contributed by atoms with Crippen LogP contribution in [-0.4, -0.2) is 40.2 Å². The van der Waals surface area contributed by atoms with Gasteiger partial charge in [0.2, 0.25) is 0 Å². The standard InChI is InChI=1S/C14H14ClFN2O3/c1-8(2)18-13(20)12(19)17(14(18)21)7-6-9-10(15)4-3-5-11(9)16/h3-5,8H,6-7H2,1-2H3. The van der Waals surface area contributed by atoms with Crippen LogP contribution in [0.5, 0.6) is 0 Å². The molecule has 0 spiro atoms. The molecule has 21 heavy (non-hydrogen) atoms. The summed E-state index contributed by atoms with van der Waals surface area (Å²) in [6.07, 6.45) is 0.0577. The molecule has 1 fully saturated rings. The molecule has 1 aliphatic rings. The molecule has 1 saturated heterocycles. The van der Waals surface area contributed by atoms with Crippen molar-refractivity contribution >= 4 is 29.4 Å². The second kappa shape index (κ2) is 5.81. The molecule has 0 unspecified atom stereocenters. The predicted molar refractivity (Wildman–Crippen MR) is 74.2 cm³/mol. The second-order valence-corrected chi connectivity index (χ2v) is 5.37. The molecule has 1 aromatic carbocycles. The Kier molecular flexibility index (Phi) is 4.27. The third-order valence-electron chi connectivity index (χ3n) is 3.25. The van der Waals surface area contributed by atoms with Gasteiger partial charge in [0, 0.05) is 23.2 Å². The van der Waals surface area contributed by atoms with Crippen LogP contribution in [0.1, 0.15) is 19.4 Å². The van der Waals surface area contributed by atoms with E-state index in [9.17, 15) is 18.8 Å². The van der Waals surface area contributed by atoms with Gasteiger partial charge < -0.3 is 0 Å².